The largest absolute Gasteiger partial charge is 0.353 e. The number of aromatic nitrogens is 2. The fourth-order valence-corrected chi connectivity index (χ4v) is 5.63. The second-order valence-corrected chi connectivity index (χ2v) is 8.49. The van der Waals surface area contributed by atoms with Gasteiger partial charge in [0.15, 0.2) is 0 Å². The smallest absolute Gasteiger partial charge is 0.259 e. The second-order valence-electron chi connectivity index (χ2n) is 8.49. The fourth-order valence-electron chi connectivity index (χ4n) is 5.63. The lowest BCUT2D eigenvalue weighted by Crippen LogP contribution is -2.20. The van der Waals surface area contributed by atoms with Gasteiger partial charge in [0.25, 0.3) is 11.8 Å². The predicted molar refractivity (Wildman–Crippen MR) is 123 cm³/mol. The van der Waals surface area contributed by atoms with Crippen LogP contribution in [-0.2, 0) is 0 Å². The molecule has 3 aromatic carbocycles. The number of fused-ring (bicyclic) bond motifs is 10. The number of aromatic amines is 1. The zero-order chi connectivity index (χ0) is 20.7. The van der Waals surface area contributed by atoms with Crippen LogP contribution in [-0.4, -0.2) is 21.4 Å². The average molecular weight is 405 g/mol. The Bertz CT molecular complexity index is 1630. The van der Waals surface area contributed by atoms with Gasteiger partial charge in [-0.2, -0.15) is 0 Å². The molecule has 1 aliphatic heterocycles. The maximum atomic E-state index is 13.1. The molecule has 3 heterocycles. The van der Waals surface area contributed by atoms with Crippen molar-refractivity contribution in [3.8, 4) is 0 Å². The summed E-state index contributed by atoms with van der Waals surface area (Å²) < 4.78 is 2.37. The molecule has 1 unspecified atom stereocenters. The highest BCUT2D eigenvalue weighted by molar-refractivity contribution is 6.39. The molecule has 2 aromatic heterocycles. The molecule has 5 nitrogen and oxygen atoms in total. The van der Waals surface area contributed by atoms with Crippen LogP contribution in [0.5, 0.6) is 0 Å². The molecule has 1 atom stereocenters. The number of carbonyl (C=O) groups is 2. The van der Waals surface area contributed by atoms with Crippen molar-refractivity contribution in [2.24, 2.45) is 0 Å². The molecule has 0 fully saturated rings. The van der Waals surface area contributed by atoms with Gasteiger partial charge < -0.3 is 9.55 Å². The Hall–Kier alpha value is -3.86. The minimum Gasteiger partial charge on any atom is -0.353 e. The highest BCUT2D eigenvalue weighted by atomic mass is 16.2. The third-order valence-corrected chi connectivity index (χ3v) is 6.85. The molecule has 0 bridgehead atoms. The van der Waals surface area contributed by atoms with Crippen LogP contribution < -0.4 is 5.32 Å². The Morgan fingerprint density at radius 2 is 1.61 bits per heavy atom. The van der Waals surface area contributed by atoms with Gasteiger partial charge >= 0.3 is 0 Å². The van der Waals surface area contributed by atoms with E-state index in [-0.39, 0.29) is 17.9 Å². The number of rotatable bonds is 1. The van der Waals surface area contributed by atoms with E-state index >= 15 is 0 Å². The van der Waals surface area contributed by atoms with Crippen LogP contribution in [0.2, 0.25) is 0 Å². The molecule has 1 aliphatic carbocycles. The first-order valence-electron chi connectivity index (χ1n) is 10.8. The minimum atomic E-state index is -0.314. The van der Waals surface area contributed by atoms with Gasteiger partial charge in [0.1, 0.15) is 0 Å². The summed E-state index contributed by atoms with van der Waals surface area (Å²) in [6.07, 6.45) is 7.81. The lowest BCUT2D eigenvalue weighted by atomic mass is 9.96. The number of allylic oxidation sites excluding steroid dienone is 2. The first-order valence-corrected chi connectivity index (χ1v) is 10.8. The predicted octanol–water partition coefficient (Wildman–Crippen LogP) is 5.59. The summed E-state index contributed by atoms with van der Waals surface area (Å²) >= 11 is 0. The number of hydrogen-bond acceptors (Lipinski definition) is 2. The van der Waals surface area contributed by atoms with Gasteiger partial charge in [-0.05, 0) is 31.4 Å². The van der Waals surface area contributed by atoms with Gasteiger partial charge in [0, 0.05) is 32.6 Å². The van der Waals surface area contributed by atoms with E-state index < -0.39 is 0 Å². The number of nitrogens with zero attached hydrogens (tertiary/aromatic N) is 1. The highest BCUT2D eigenvalue weighted by Gasteiger charge is 2.36. The Labute approximate surface area is 177 Å². The molecule has 0 spiro atoms. The van der Waals surface area contributed by atoms with Crippen LogP contribution in [0.3, 0.4) is 0 Å². The first-order chi connectivity index (χ1) is 15.2. The molecule has 2 amide bonds. The Morgan fingerprint density at radius 1 is 0.871 bits per heavy atom. The number of amides is 2. The van der Waals surface area contributed by atoms with Crippen molar-refractivity contribution in [2.75, 3.05) is 0 Å². The number of nitrogens with one attached hydrogen (secondary N) is 2. The molecule has 7 rings (SSSR count). The van der Waals surface area contributed by atoms with Crippen molar-refractivity contribution in [2.45, 2.75) is 25.3 Å². The van der Waals surface area contributed by atoms with E-state index in [4.69, 9.17) is 0 Å². The molecule has 2 aliphatic rings. The van der Waals surface area contributed by atoms with Gasteiger partial charge in [0.2, 0.25) is 0 Å². The number of H-pyrrole nitrogens is 1. The molecular weight excluding hydrogens is 386 g/mol. The van der Waals surface area contributed by atoms with E-state index in [2.05, 4.69) is 39.2 Å². The Kier molecular flexibility index (Phi) is 3.19. The molecule has 150 valence electrons. The third kappa shape index (κ3) is 2.05. The van der Waals surface area contributed by atoms with Crippen molar-refractivity contribution in [1.82, 2.24) is 14.9 Å². The van der Waals surface area contributed by atoms with E-state index in [1.165, 1.54) is 0 Å². The topological polar surface area (TPSA) is 66.9 Å². The lowest BCUT2D eigenvalue weighted by Gasteiger charge is -2.21. The van der Waals surface area contributed by atoms with E-state index in [1.807, 2.05) is 36.4 Å². The van der Waals surface area contributed by atoms with Crippen LogP contribution in [0.4, 0.5) is 0 Å². The molecule has 0 saturated heterocycles. The van der Waals surface area contributed by atoms with Crippen LogP contribution in [0.15, 0.2) is 60.7 Å². The molecule has 0 radical (unpaired) electrons. The summed E-state index contributed by atoms with van der Waals surface area (Å²) in [5.41, 5.74) is 4.99. The van der Waals surface area contributed by atoms with Crippen molar-refractivity contribution in [1.29, 1.82) is 0 Å². The van der Waals surface area contributed by atoms with E-state index in [0.29, 0.717) is 11.1 Å². The van der Waals surface area contributed by atoms with Gasteiger partial charge in [-0.25, -0.2) is 0 Å². The van der Waals surface area contributed by atoms with Crippen molar-refractivity contribution < 1.29 is 9.59 Å². The van der Waals surface area contributed by atoms with Crippen LogP contribution >= 0.6 is 0 Å². The maximum Gasteiger partial charge on any atom is 0.259 e. The zero-order valence-corrected chi connectivity index (χ0v) is 16.7. The minimum absolute atomic E-state index is 0.212. The van der Waals surface area contributed by atoms with Gasteiger partial charge in [-0.15, -0.1) is 0 Å². The Balaban J connectivity index is 1.82. The summed E-state index contributed by atoms with van der Waals surface area (Å²) in [7, 11) is 0. The molecule has 31 heavy (non-hydrogen) atoms. The molecular formula is C26H19N3O2. The molecule has 0 saturated carbocycles. The standard InChI is InChI=1S/C26H19N3O2/c30-25-21-19-15-10-4-6-12-17(15)27-23(19)24-20(22(21)26(31)28-25)16-11-5-7-13-18(16)29(24)14-8-2-1-3-9-14/h2,4-8,10-14,27H,1,3,9H2,(H,28,30,31). The van der Waals surface area contributed by atoms with Crippen molar-refractivity contribution in [3.05, 3.63) is 71.8 Å². The maximum absolute atomic E-state index is 13.1. The zero-order valence-electron chi connectivity index (χ0n) is 16.7. The van der Waals surface area contributed by atoms with Gasteiger partial charge in [-0.1, -0.05) is 48.6 Å². The second kappa shape index (κ2) is 5.85. The quantitative estimate of drug-likeness (QED) is 0.282. The SMILES string of the molecule is O=C1NC(=O)c2c1c1c3ccccc3[nH]c1c1c2c2ccccc2n1C1C=CCCC1. The third-order valence-electron chi connectivity index (χ3n) is 6.85. The van der Waals surface area contributed by atoms with Crippen molar-refractivity contribution >= 4 is 55.4 Å². The summed E-state index contributed by atoms with van der Waals surface area (Å²) in [5, 5.41) is 6.25. The highest BCUT2D eigenvalue weighted by Crippen LogP contribution is 2.45. The van der Waals surface area contributed by atoms with E-state index in [9.17, 15) is 9.59 Å². The summed E-state index contributed by atoms with van der Waals surface area (Å²) in [4.78, 5) is 29.6. The molecule has 2 N–H and O–H groups in total. The summed E-state index contributed by atoms with van der Waals surface area (Å²) in [6, 6.07) is 16.4. The van der Waals surface area contributed by atoms with Crippen molar-refractivity contribution in [3.63, 3.8) is 0 Å². The molecule has 5 aromatic rings. The summed E-state index contributed by atoms with van der Waals surface area (Å²) in [5.74, 6) is -0.620. The lowest BCUT2D eigenvalue weighted by molar-refractivity contribution is 0.0880. The number of para-hydroxylation sites is 2. The Morgan fingerprint density at radius 3 is 2.42 bits per heavy atom. The number of hydrogen-bond donors (Lipinski definition) is 2. The monoisotopic (exact) mass is 405 g/mol. The van der Waals surface area contributed by atoms with Gasteiger partial charge in [0.05, 0.1) is 28.2 Å². The number of imide groups is 1. The van der Waals surface area contributed by atoms with E-state index in [1.54, 1.807) is 0 Å². The van der Waals surface area contributed by atoms with E-state index in [0.717, 1.165) is 62.9 Å². The van der Waals surface area contributed by atoms with Crippen LogP contribution in [0.1, 0.15) is 46.0 Å². The normalized spacial score (nSPS) is 18.5. The number of benzene rings is 3. The molecule has 5 heteroatoms. The van der Waals surface area contributed by atoms with Gasteiger partial charge in [-0.3, -0.25) is 14.9 Å². The fraction of sp³-hybridized carbons (Fsp3) is 0.154. The summed E-state index contributed by atoms with van der Waals surface area (Å²) in [6.45, 7) is 0. The van der Waals surface area contributed by atoms with Crippen LogP contribution in [0, 0.1) is 0 Å². The first kappa shape index (κ1) is 16.9. The number of carbonyl (C=O) groups excluding carboxylic acids is 2. The van der Waals surface area contributed by atoms with Crippen LogP contribution in [0.25, 0.3) is 43.6 Å². The average Bonchev–Trinajstić information content (AvgIpc) is 3.43.